The second-order valence-corrected chi connectivity index (χ2v) is 5.16. The largest absolute Gasteiger partial charge is 0.507 e. The lowest BCUT2D eigenvalue weighted by molar-refractivity contribution is -0.385. The van der Waals surface area contributed by atoms with Crippen LogP contribution in [0.15, 0.2) is 59.6 Å². The molecular formula is C18H14N2O3. The van der Waals surface area contributed by atoms with E-state index in [0.29, 0.717) is 16.8 Å². The first-order valence-corrected chi connectivity index (χ1v) is 7.06. The SMILES string of the molecule is Cc1c(N=Cc2c(O)ccc3ccccc23)cccc1[N+](=O)[O-]. The molecule has 3 rings (SSSR count). The van der Waals surface area contributed by atoms with E-state index < -0.39 is 4.92 Å². The molecule has 1 N–H and O–H groups in total. The molecule has 5 nitrogen and oxygen atoms in total. The molecule has 0 unspecified atom stereocenters. The first-order chi connectivity index (χ1) is 11.1. The predicted octanol–water partition coefficient (Wildman–Crippen LogP) is 4.51. The summed E-state index contributed by atoms with van der Waals surface area (Å²) in [5.41, 5.74) is 1.62. The minimum Gasteiger partial charge on any atom is -0.507 e. The first-order valence-electron chi connectivity index (χ1n) is 7.06. The third-order valence-electron chi connectivity index (χ3n) is 3.75. The van der Waals surface area contributed by atoms with Crippen molar-refractivity contribution in [3.8, 4) is 5.75 Å². The van der Waals surface area contributed by atoms with Crippen LogP contribution in [0.25, 0.3) is 10.8 Å². The highest BCUT2D eigenvalue weighted by Crippen LogP contribution is 2.29. The second-order valence-electron chi connectivity index (χ2n) is 5.16. The fraction of sp³-hybridized carbons (Fsp3) is 0.0556. The summed E-state index contributed by atoms with van der Waals surface area (Å²) < 4.78 is 0. The number of fused-ring (bicyclic) bond motifs is 1. The minimum atomic E-state index is -0.427. The first kappa shape index (κ1) is 14.7. The van der Waals surface area contributed by atoms with Crippen LogP contribution < -0.4 is 0 Å². The maximum atomic E-state index is 11.0. The molecule has 0 fully saturated rings. The summed E-state index contributed by atoms with van der Waals surface area (Å²) in [6.07, 6.45) is 1.55. The van der Waals surface area contributed by atoms with E-state index in [9.17, 15) is 15.2 Å². The Bertz CT molecular complexity index is 933. The van der Waals surface area contributed by atoms with Crippen molar-refractivity contribution in [3.63, 3.8) is 0 Å². The van der Waals surface area contributed by atoms with Gasteiger partial charge in [-0.2, -0.15) is 0 Å². The Morgan fingerprint density at radius 3 is 2.65 bits per heavy atom. The average molecular weight is 306 g/mol. The molecule has 0 amide bonds. The summed E-state index contributed by atoms with van der Waals surface area (Å²) in [5, 5.41) is 23.0. The molecule has 0 atom stereocenters. The van der Waals surface area contributed by atoms with Crippen molar-refractivity contribution in [2.24, 2.45) is 4.99 Å². The van der Waals surface area contributed by atoms with E-state index in [4.69, 9.17) is 0 Å². The van der Waals surface area contributed by atoms with Gasteiger partial charge in [0, 0.05) is 17.8 Å². The van der Waals surface area contributed by atoms with E-state index in [2.05, 4.69) is 4.99 Å². The van der Waals surface area contributed by atoms with Crippen molar-refractivity contribution in [2.75, 3.05) is 0 Å². The second kappa shape index (κ2) is 5.88. The van der Waals surface area contributed by atoms with Crippen LogP contribution in [0.1, 0.15) is 11.1 Å². The maximum absolute atomic E-state index is 11.0. The van der Waals surface area contributed by atoms with Crippen LogP contribution in [0.4, 0.5) is 11.4 Å². The van der Waals surface area contributed by atoms with Gasteiger partial charge in [-0.1, -0.05) is 36.4 Å². The van der Waals surface area contributed by atoms with Gasteiger partial charge in [0.15, 0.2) is 0 Å². The van der Waals surface area contributed by atoms with Crippen molar-refractivity contribution >= 4 is 28.4 Å². The molecule has 0 spiro atoms. The normalized spacial score (nSPS) is 11.2. The van der Waals surface area contributed by atoms with Gasteiger partial charge in [-0.3, -0.25) is 15.1 Å². The number of phenols is 1. The van der Waals surface area contributed by atoms with Gasteiger partial charge < -0.3 is 5.11 Å². The number of phenolic OH excluding ortho intramolecular Hbond substituents is 1. The summed E-state index contributed by atoms with van der Waals surface area (Å²) in [7, 11) is 0. The topological polar surface area (TPSA) is 75.7 Å². The summed E-state index contributed by atoms with van der Waals surface area (Å²) in [5.74, 6) is 0.121. The highest BCUT2D eigenvalue weighted by molar-refractivity contribution is 6.03. The third-order valence-corrected chi connectivity index (χ3v) is 3.75. The number of hydrogen-bond acceptors (Lipinski definition) is 4. The molecule has 0 radical (unpaired) electrons. The molecule has 5 heteroatoms. The maximum Gasteiger partial charge on any atom is 0.274 e. The highest BCUT2D eigenvalue weighted by atomic mass is 16.6. The van der Waals surface area contributed by atoms with Gasteiger partial charge in [0.1, 0.15) is 5.75 Å². The zero-order chi connectivity index (χ0) is 16.4. The molecule has 0 aliphatic carbocycles. The Labute approximate surface area is 132 Å². The molecule has 0 aromatic heterocycles. The lowest BCUT2D eigenvalue weighted by Crippen LogP contribution is -1.91. The molecule has 0 saturated carbocycles. The van der Waals surface area contributed by atoms with Gasteiger partial charge in [0.2, 0.25) is 0 Å². The van der Waals surface area contributed by atoms with E-state index in [0.717, 1.165) is 10.8 Å². The van der Waals surface area contributed by atoms with E-state index in [1.807, 2.05) is 30.3 Å². The monoisotopic (exact) mass is 306 g/mol. The molecule has 23 heavy (non-hydrogen) atoms. The quantitative estimate of drug-likeness (QED) is 0.439. The Morgan fingerprint density at radius 1 is 1.09 bits per heavy atom. The summed E-state index contributed by atoms with van der Waals surface area (Å²) in [6, 6.07) is 15.9. The van der Waals surface area contributed by atoms with E-state index in [-0.39, 0.29) is 11.4 Å². The fourth-order valence-corrected chi connectivity index (χ4v) is 2.50. The van der Waals surface area contributed by atoms with Crippen molar-refractivity contribution in [1.82, 2.24) is 0 Å². The number of nitro benzene ring substituents is 1. The standard InChI is InChI=1S/C18H14N2O3/c1-12-16(7-4-8-17(12)20(22)23)19-11-15-14-6-3-2-5-13(14)9-10-18(15)21/h2-11,21H,1H3. The number of aliphatic imine (C=N–C) groups is 1. The van der Waals surface area contributed by atoms with Gasteiger partial charge in [-0.25, -0.2) is 0 Å². The van der Waals surface area contributed by atoms with Crippen molar-refractivity contribution in [3.05, 3.63) is 75.8 Å². The molecule has 0 aliphatic heterocycles. The van der Waals surface area contributed by atoms with Crippen LogP contribution in [0.5, 0.6) is 5.75 Å². The lowest BCUT2D eigenvalue weighted by atomic mass is 10.0. The van der Waals surface area contributed by atoms with Gasteiger partial charge in [-0.05, 0) is 29.8 Å². The number of aromatic hydroxyl groups is 1. The van der Waals surface area contributed by atoms with Crippen LogP contribution in [0.2, 0.25) is 0 Å². The Kier molecular flexibility index (Phi) is 3.76. The minimum absolute atomic E-state index is 0.0294. The Balaban J connectivity index is 2.10. The van der Waals surface area contributed by atoms with Crippen LogP contribution in [-0.4, -0.2) is 16.2 Å². The third kappa shape index (κ3) is 2.76. The molecule has 0 aliphatic rings. The van der Waals surface area contributed by atoms with E-state index >= 15 is 0 Å². The molecule has 0 heterocycles. The summed E-state index contributed by atoms with van der Waals surface area (Å²) >= 11 is 0. The zero-order valence-corrected chi connectivity index (χ0v) is 12.4. The Hall–Kier alpha value is -3.21. The molecule has 3 aromatic rings. The lowest BCUT2D eigenvalue weighted by Gasteiger charge is -2.05. The van der Waals surface area contributed by atoms with Crippen LogP contribution in [-0.2, 0) is 0 Å². The zero-order valence-electron chi connectivity index (χ0n) is 12.4. The van der Waals surface area contributed by atoms with Crippen molar-refractivity contribution in [1.29, 1.82) is 0 Å². The number of benzene rings is 3. The van der Waals surface area contributed by atoms with Gasteiger partial charge in [0.05, 0.1) is 16.2 Å². The molecule has 0 bridgehead atoms. The average Bonchev–Trinajstić information content (AvgIpc) is 2.55. The predicted molar refractivity (Wildman–Crippen MR) is 90.7 cm³/mol. The molecule has 0 saturated heterocycles. The molecule has 3 aromatic carbocycles. The smallest absolute Gasteiger partial charge is 0.274 e. The summed E-state index contributed by atoms with van der Waals surface area (Å²) in [6.45, 7) is 1.66. The van der Waals surface area contributed by atoms with E-state index in [1.165, 1.54) is 6.07 Å². The summed E-state index contributed by atoms with van der Waals surface area (Å²) in [4.78, 5) is 14.9. The Morgan fingerprint density at radius 2 is 1.87 bits per heavy atom. The number of hydrogen-bond donors (Lipinski definition) is 1. The van der Waals surface area contributed by atoms with Crippen LogP contribution >= 0.6 is 0 Å². The van der Waals surface area contributed by atoms with Gasteiger partial charge >= 0.3 is 0 Å². The number of nitro groups is 1. The fourth-order valence-electron chi connectivity index (χ4n) is 2.50. The molecular weight excluding hydrogens is 292 g/mol. The van der Waals surface area contributed by atoms with Crippen LogP contribution in [0.3, 0.4) is 0 Å². The van der Waals surface area contributed by atoms with Crippen LogP contribution in [0, 0.1) is 17.0 Å². The van der Waals surface area contributed by atoms with Gasteiger partial charge in [-0.15, -0.1) is 0 Å². The van der Waals surface area contributed by atoms with Crippen molar-refractivity contribution in [2.45, 2.75) is 6.92 Å². The highest BCUT2D eigenvalue weighted by Gasteiger charge is 2.12. The molecule has 114 valence electrons. The number of rotatable bonds is 3. The number of nitrogens with zero attached hydrogens (tertiary/aromatic N) is 2. The van der Waals surface area contributed by atoms with E-state index in [1.54, 1.807) is 31.3 Å². The van der Waals surface area contributed by atoms with Gasteiger partial charge in [0.25, 0.3) is 5.69 Å². The van der Waals surface area contributed by atoms with Crippen molar-refractivity contribution < 1.29 is 10.0 Å².